The van der Waals surface area contributed by atoms with E-state index in [2.05, 4.69) is 20.7 Å². The Morgan fingerprint density at radius 1 is 1.11 bits per heavy atom. The first-order chi connectivity index (χ1) is 17.4. The highest BCUT2D eigenvalue weighted by Crippen LogP contribution is 2.29. The van der Waals surface area contributed by atoms with Crippen LogP contribution < -0.4 is 0 Å². The van der Waals surface area contributed by atoms with Gasteiger partial charge in [0.2, 0.25) is 0 Å². The van der Waals surface area contributed by atoms with Crippen molar-refractivity contribution in [2.45, 2.75) is 57.1 Å². The smallest absolute Gasteiger partial charge is 0.410 e. The minimum atomic E-state index is -0.540. The van der Waals surface area contributed by atoms with Crippen LogP contribution in [0.2, 0.25) is 0 Å². The highest BCUT2D eigenvalue weighted by molar-refractivity contribution is 9.08. The number of rotatable bonds is 3. The lowest BCUT2D eigenvalue weighted by atomic mass is 10.0. The Morgan fingerprint density at radius 3 is 2.43 bits per heavy atom. The fourth-order valence-electron chi connectivity index (χ4n) is 4.26. The zero-order valence-corrected chi connectivity index (χ0v) is 22.9. The molecule has 2 aromatic rings. The van der Waals surface area contributed by atoms with Crippen molar-refractivity contribution in [1.29, 1.82) is 0 Å². The molecule has 1 saturated heterocycles. The predicted octanol–water partition coefficient (Wildman–Crippen LogP) is 5.69. The number of piperidine rings is 1. The highest BCUT2D eigenvalue weighted by atomic mass is 79.9. The number of methoxy groups -OCH3 is 1. The lowest BCUT2D eigenvalue weighted by molar-refractivity contribution is 0.0106. The number of nitrogens with zero attached hydrogens (tertiary/aromatic N) is 2. The second kappa shape index (κ2) is 12.0. The molecule has 200 valence electrons. The number of likely N-dealkylation sites (tertiary alicyclic amines) is 1. The predicted molar refractivity (Wildman–Crippen MR) is 137 cm³/mol. The number of alkyl halides is 1. The lowest BCUT2D eigenvalue weighted by Crippen LogP contribution is -2.50. The topological polar surface area (TPSA) is 76.2 Å². The number of amides is 2. The van der Waals surface area contributed by atoms with Gasteiger partial charge < -0.3 is 19.3 Å². The van der Waals surface area contributed by atoms with Crippen molar-refractivity contribution in [1.82, 2.24) is 9.80 Å². The third-order valence-corrected chi connectivity index (χ3v) is 6.62. The molecule has 0 aliphatic carbocycles. The molecule has 0 aromatic heterocycles. The summed E-state index contributed by atoms with van der Waals surface area (Å²) in [4.78, 5) is 39.4. The van der Waals surface area contributed by atoms with Gasteiger partial charge in [0.1, 0.15) is 17.2 Å². The molecule has 7 nitrogen and oxygen atoms in total. The number of carbonyl (C=O) groups is 3. The van der Waals surface area contributed by atoms with E-state index in [0.29, 0.717) is 36.1 Å². The van der Waals surface area contributed by atoms with Crippen LogP contribution in [0.15, 0.2) is 36.4 Å². The maximum atomic E-state index is 13.4. The van der Waals surface area contributed by atoms with E-state index in [1.165, 1.54) is 31.4 Å². The molecule has 4 rings (SSSR count). The van der Waals surface area contributed by atoms with Crippen molar-refractivity contribution in [2.75, 3.05) is 20.2 Å². The third-order valence-electron chi connectivity index (χ3n) is 6.01. The quantitative estimate of drug-likeness (QED) is 0.344. The van der Waals surface area contributed by atoms with Crippen molar-refractivity contribution in [3.63, 3.8) is 0 Å². The Kier molecular flexibility index (Phi) is 9.28. The second-order valence-electron chi connectivity index (χ2n) is 9.88. The standard InChI is InChI=1S/C18H23FN2O3.C9H8BrFO2/c1-18(2,3)24-17(23)20-8-4-5-14(11-20)21-10-12-6-7-13(19)9-15(12)16(21)22;1-13-9(12)8-4-7(11)3-2-6(8)5-10/h6-7,9,14H,4-5,8,10-11H2,1-3H3;2-4H,5H2,1H3/t14-;/m1./s1. The van der Waals surface area contributed by atoms with Crippen LogP contribution in [0.3, 0.4) is 0 Å². The van der Waals surface area contributed by atoms with E-state index in [0.717, 1.165) is 18.4 Å². The Bertz CT molecular complexity index is 1170. The summed E-state index contributed by atoms with van der Waals surface area (Å²) in [6.45, 7) is 7.07. The minimum absolute atomic E-state index is 0.0609. The first-order valence-electron chi connectivity index (χ1n) is 11.9. The van der Waals surface area contributed by atoms with Crippen LogP contribution in [0.4, 0.5) is 13.6 Å². The van der Waals surface area contributed by atoms with Crippen molar-refractivity contribution in [3.8, 4) is 0 Å². The molecular formula is C27H31BrF2N2O5. The van der Waals surface area contributed by atoms with Gasteiger partial charge in [-0.2, -0.15) is 0 Å². The summed E-state index contributed by atoms with van der Waals surface area (Å²) in [6.07, 6.45) is 1.31. The molecule has 0 bridgehead atoms. The number of fused-ring (bicyclic) bond motifs is 1. The summed E-state index contributed by atoms with van der Waals surface area (Å²) in [5, 5.41) is 0.498. The molecule has 2 aromatic carbocycles. The van der Waals surface area contributed by atoms with E-state index >= 15 is 0 Å². The van der Waals surface area contributed by atoms with Crippen LogP contribution in [-0.2, 0) is 21.3 Å². The van der Waals surface area contributed by atoms with E-state index in [1.54, 1.807) is 21.9 Å². The van der Waals surface area contributed by atoms with Crippen molar-refractivity contribution < 1.29 is 32.6 Å². The second-order valence-corrected chi connectivity index (χ2v) is 10.4. The molecule has 2 aliphatic rings. The monoisotopic (exact) mass is 580 g/mol. The van der Waals surface area contributed by atoms with Gasteiger partial charge in [0.15, 0.2) is 0 Å². The van der Waals surface area contributed by atoms with Crippen LogP contribution in [0, 0.1) is 11.6 Å². The fraction of sp³-hybridized carbons (Fsp3) is 0.444. The van der Waals surface area contributed by atoms with Gasteiger partial charge in [-0.15, -0.1) is 0 Å². The van der Waals surface area contributed by atoms with Crippen LogP contribution >= 0.6 is 15.9 Å². The number of halogens is 3. The number of benzene rings is 2. The lowest BCUT2D eigenvalue weighted by Gasteiger charge is -2.38. The van der Waals surface area contributed by atoms with Gasteiger partial charge in [-0.05, 0) is 69.0 Å². The molecule has 2 amide bonds. The Morgan fingerprint density at radius 2 is 1.78 bits per heavy atom. The molecular weight excluding hydrogens is 550 g/mol. The van der Waals surface area contributed by atoms with E-state index in [9.17, 15) is 23.2 Å². The molecule has 0 saturated carbocycles. The SMILES string of the molecule is CC(C)(C)OC(=O)N1CCC[C@@H](N2Cc3ccc(F)cc3C2=O)C1.COC(=O)c1cc(F)ccc1CBr. The van der Waals surface area contributed by atoms with Crippen molar-refractivity contribution in [2.24, 2.45) is 0 Å². The minimum Gasteiger partial charge on any atom is -0.465 e. The van der Waals surface area contributed by atoms with E-state index in [1.807, 2.05) is 20.8 Å². The summed E-state index contributed by atoms with van der Waals surface area (Å²) in [7, 11) is 1.27. The van der Waals surface area contributed by atoms with Crippen LogP contribution in [0.5, 0.6) is 0 Å². The van der Waals surface area contributed by atoms with Gasteiger partial charge >= 0.3 is 12.1 Å². The number of carbonyl (C=O) groups excluding carboxylic acids is 3. The molecule has 0 N–H and O–H groups in total. The Hall–Kier alpha value is -3.01. The van der Waals surface area contributed by atoms with Crippen molar-refractivity contribution in [3.05, 3.63) is 70.3 Å². The molecule has 37 heavy (non-hydrogen) atoms. The number of ether oxygens (including phenoxy) is 2. The van der Waals surface area contributed by atoms with Gasteiger partial charge in [-0.25, -0.2) is 18.4 Å². The first kappa shape index (κ1) is 28.6. The summed E-state index contributed by atoms with van der Waals surface area (Å²) in [5.41, 5.74) is 1.72. The number of hydrogen-bond donors (Lipinski definition) is 0. The molecule has 1 atom stereocenters. The summed E-state index contributed by atoms with van der Waals surface area (Å²) in [5.74, 6) is -1.51. The molecule has 1 fully saturated rings. The molecule has 2 heterocycles. The van der Waals surface area contributed by atoms with Gasteiger partial charge in [0.25, 0.3) is 5.91 Å². The first-order valence-corrected chi connectivity index (χ1v) is 13.1. The normalized spacial score (nSPS) is 17.1. The van der Waals surface area contributed by atoms with Gasteiger partial charge in [0.05, 0.1) is 18.7 Å². The number of esters is 1. The van der Waals surface area contributed by atoms with Crippen LogP contribution in [-0.4, -0.2) is 59.6 Å². The average Bonchev–Trinajstić information content (AvgIpc) is 3.18. The van der Waals surface area contributed by atoms with Gasteiger partial charge in [-0.3, -0.25) is 4.79 Å². The molecule has 10 heteroatoms. The van der Waals surface area contributed by atoms with E-state index in [-0.39, 0.29) is 23.6 Å². The summed E-state index contributed by atoms with van der Waals surface area (Å²) < 4.78 is 36.1. The summed E-state index contributed by atoms with van der Waals surface area (Å²) >= 11 is 3.20. The molecule has 0 unspecified atom stereocenters. The van der Waals surface area contributed by atoms with Crippen molar-refractivity contribution >= 4 is 33.9 Å². The maximum absolute atomic E-state index is 13.4. The van der Waals surface area contributed by atoms with Gasteiger partial charge in [-0.1, -0.05) is 28.1 Å². The summed E-state index contributed by atoms with van der Waals surface area (Å²) in [6, 6.07) is 8.31. The maximum Gasteiger partial charge on any atom is 0.410 e. The largest absolute Gasteiger partial charge is 0.465 e. The zero-order chi connectivity index (χ0) is 27.3. The zero-order valence-electron chi connectivity index (χ0n) is 21.4. The molecule has 0 spiro atoms. The fourth-order valence-corrected chi connectivity index (χ4v) is 4.75. The third kappa shape index (κ3) is 7.28. The van der Waals surface area contributed by atoms with Gasteiger partial charge in [0, 0.05) is 30.5 Å². The van der Waals surface area contributed by atoms with E-state index < -0.39 is 23.2 Å². The highest BCUT2D eigenvalue weighted by Gasteiger charge is 2.37. The molecule has 0 radical (unpaired) electrons. The average molecular weight is 581 g/mol. The van der Waals surface area contributed by atoms with E-state index in [4.69, 9.17) is 4.74 Å². The van der Waals surface area contributed by atoms with Crippen LogP contribution in [0.25, 0.3) is 0 Å². The molecule has 2 aliphatic heterocycles. The Balaban J connectivity index is 0.000000248. The number of hydrogen-bond acceptors (Lipinski definition) is 5. The Labute approximate surface area is 223 Å². The van der Waals surface area contributed by atoms with Crippen LogP contribution in [0.1, 0.15) is 65.5 Å².